The van der Waals surface area contributed by atoms with E-state index in [2.05, 4.69) is 0 Å². The predicted octanol–water partition coefficient (Wildman–Crippen LogP) is 6.55. The zero-order valence-electron chi connectivity index (χ0n) is 18.1. The lowest BCUT2D eigenvalue weighted by atomic mass is 10.1. The smallest absolute Gasteiger partial charge is 0.293 e. The van der Waals surface area contributed by atoms with Crippen LogP contribution in [0.3, 0.4) is 0 Å². The highest BCUT2D eigenvalue weighted by molar-refractivity contribution is 8.18. The number of fused-ring (bicyclic) bond motifs is 1. The highest BCUT2D eigenvalue weighted by atomic mass is 32.2. The molecule has 8 heteroatoms. The molecular weight excluding hydrogens is 452 g/mol. The van der Waals surface area contributed by atoms with E-state index in [0.29, 0.717) is 17.1 Å². The van der Waals surface area contributed by atoms with Crippen molar-refractivity contribution in [2.75, 3.05) is 0 Å². The van der Waals surface area contributed by atoms with Gasteiger partial charge in [0.15, 0.2) is 0 Å². The fourth-order valence-corrected chi connectivity index (χ4v) is 4.72. The van der Waals surface area contributed by atoms with Gasteiger partial charge in [0.25, 0.3) is 16.8 Å². The average molecular weight is 471 g/mol. The number of rotatable bonds is 5. The molecule has 1 aliphatic heterocycles. The molecule has 0 bridgehead atoms. The summed E-state index contributed by atoms with van der Waals surface area (Å²) < 4.78 is 5.86. The molecule has 1 aliphatic rings. The van der Waals surface area contributed by atoms with Gasteiger partial charge in [-0.3, -0.25) is 24.6 Å². The fraction of sp³-hybridized carbons (Fsp3) is 0.0769. The van der Waals surface area contributed by atoms with Gasteiger partial charge in [-0.1, -0.05) is 36.4 Å². The Hall–Kier alpha value is -4.17. The number of carbonyl (C=O) groups is 2. The van der Waals surface area contributed by atoms with Gasteiger partial charge in [0, 0.05) is 23.8 Å². The molecule has 0 radical (unpaired) electrons. The number of imide groups is 1. The Kier molecular flexibility index (Phi) is 5.51. The van der Waals surface area contributed by atoms with Crippen LogP contribution in [-0.4, -0.2) is 21.0 Å². The quantitative estimate of drug-likeness (QED) is 0.186. The number of carbonyl (C=O) groups excluding carboxylic acids is 2. The number of hydrogen-bond donors (Lipinski definition) is 0. The van der Waals surface area contributed by atoms with Crippen LogP contribution < -0.4 is 0 Å². The van der Waals surface area contributed by atoms with E-state index < -0.39 is 4.92 Å². The molecule has 2 amide bonds. The molecule has 5 rings (SSSR count). The maximum atomic E-state index is 12.9. The second kappa shape index (κ2) is 8.64. The molecule has 1 fully saturated rings. The zero-order valence-corrected chi connectivity index (χ0v) is 18.9. The van der Waals surface area contributed by atoms with Crippen LogP contribution in [-0.2, 0) is 11.3 Å². The SMILES string of the molecule is Cc1cc([N+](=O)[O-])ccc1-c1ccc(/C=C2\SC(=O)N(Cc3ccc4ccccc4c3)C2=O)o1. The van der Waals surface area contributed by atoms with E-state index in [1.54, 1.807) is 31.2 Å². The van der Waals surface area contributed by atoms with Crippen molar-refractivity contribution in [2.24, 2.45) is 0 Å². The van der Waals surface area contributed by atoms with E-state index in [1.807, 2.05) is 42.5 Å². The molecule has 0 unspecified atom stereocenters. The normalized spacial score (nSPS) is 15.0. The highest BCUT2D eigenvalue weighted by Crippen LogP contribution is 2.35. The molecule has 1 saturated heterocycles. The molecule has 168 valence electrons. The van der Waals surface area contributed by atoms with Crippen molar-refractivity contribution in [3.63, 3.8) is 0 Å². The number of nitro groups is 1. The lowest BCUT2D eigenvalue weighted by Crippen LogP contribution is -2.27. The molecule has 7 nitrogen and oxygen atoms in total. The van der Waals surface area contributed by atoms with Crippen molar-refractivity contribution < 1.29 is 18.9 Å². The maximum absolute atomic E-state index is 12.9. The van der Waals surface area contributed by atoms with Crippen LogP contribution in [0.25, 0.3) is 28.2 Å². The topological polar surface area (TPSA) is 93.7 Å². The third-order valence-corrected chi connectivity index (χ3v) is 6.52. The highest BCUT2D eigenvalue weighted by Gasteiger charge is 2.35. The van der Waals surface area contributed by atoms with Gasteiger partial charge in [-0.2, -0.15) is 0 Å². The Morgan fingerprint density at radius 1 is 1.00 bits per heavy atom. The molecule has 4 aromatic rings. The van der Waals surface area contributed by atoms with Crippen molar-refractivity contribution in [1.29, 1.82) is 0 Å². The predicted molar refractivity (Wildman–Crippen MR) is 131 cm³/mol. The number of furan rings is 1. The van der Waals surface area contributed by atoms with Gasteiger partial charge in [-0.15, -0.1) is 0 Å². The van der Waals surface area contributed by atoms with Crippen molar-refractivity contribution in [2.45, 2.75) is 13.5 Å². The summed E-state index contributed by atoms with van der Waals surface area (Å²) in [6.07, 6.45) is 1.55. The Morgan fingerprint density at radius 2 is 1.79 bits per heavy atom. The van der Waals surface area contributed by atoms with E-state index in [1.165, 1.54) is 17.0 Å². The molecule has 34 heavy (non-hydrogen) atoms. The summed E-state index contributed by atoms with van der Waals surface area (Å²) >= 11 is 0.876. The fourth-order valence-electron chi connectivity index (χ4n) is 3.90. The second-order valence-corrected chi connectivity index (χ2v) is 8.90. The van der Waals surface area contributed by atoms with Gasteiger partial charge in [-0.25, -0.2) is 0 Å². The van der Waals surface area contributed by atoms with Crippen molar-refractivity contribution in [3.05, 3.63) is 105 Å². The number of benzene rings is 3. The van der Waals surface area contributed by atoms with Gasteiger partial charge in [0.05, 0.1) is 16.4 Å². The largest absolute Gasteiger partial charge is 0.457 e. The average Bonchev–Trinajstić information content (AvgIpc) is 3.39. The summed E-state index contributed by atoms with van der Waals surface area (Å²) in [5.74, 6) is 0.575. The molecule has 2 heterocycles. The summed E-state index contributed by atoms with van der Waals surface area (Å²) in [5.41, 5.74) is 2.30. The van der Waals surface area contributed by atoms with Crippen LogP contribution in [0.1, 0.15) is 16.9 Å². The minimum Gasteiger partial charge on any atom is -0.457 e. The molecule has 1 aromatic heterocycles. The maximum Gasteiger partial charge on any atom is 0.293 e. The minimum absolute atomic E-state index is 0.00752. The summed E-state index contributed by atoms with van der Waals surface area (Å²) in [4.78, 5) is 37.5. The number of thioether (sulfide) groups is 1. The van der Waals surface area contributed by atoms with Crippen LogP contribution in [0, 0.1) is 17.0 Å². The minimum atomic E-state index is -0.446. The van der Waals surface area contributed by atoms with Gasteiger partial charge >= 0.3 is 0 Å². The first kappa shape index (κ1) is 21.7. The monoisotopic (exact) mass is 470 g/mol. The Labute approximate surface area is 198 Å². The van der Waals surface area contributed by atoms with E-state index in [-0.39, 0.29) is 28.3 Å². The van der Waals surface area contributed by atoms with Gasteiger partial charge < -0.3 is 4.42 Å². The third kappa shape index (κ3) is 4.11. The second-order valence-electron chi connectivity index (χ2n) is 7.91. The first-order valence-electron chi connectivity index (χ1n) is 10.5. The van der Waals surface area contributed by atoms with E-state index in [9.17, 15) is 19.7 Å². The number of nitrogens with zero attached hydrogens (tertiary/aromatic N) is 2. The first-order valence-corrected chi connectivity index (χ1v) is 11.3. The third-order valence-electron chi connectivity index (χ3n) is 5.61. The van der Waals surface area contributed by atoms with E-state index in [4.69, 9.17) is 4.42 Å². The summed E-state index contributed by atoms with van der Waals surface area (Å²) in [5, 5.41) is 12.8. The molecule has 0 atom stereocenters. The molecule has 0 spiro atoms. The molecular formula is C26H18N2O5S. The van der Waals surface area contributed by atoms with Crippen molar-refractivity contribution >= 4 is 45.4 Å². The van der Waals surface area contributed by atoms with E-state index in [0.717, 1.165) is 33.7 Å². The number of hydrogen-bond acceptors (Lipinski definition) is 6. The van der Waals surface area contributed by atoms with Crippen molar-refractivity contribution in [1.82, 2.24) is 4.90 Å². The Bertz CT molecular complexity index is 1500. The number of aryl methyl sites for hydroxylation is 1. The lowest BCUT2D eigenvalue weighted by molar-refractivity contribution is -0.384. The summed E-state index contributed by atoms with van der Waals surface area (Å²) in [6, 6.07) is 21.8. The van der Waals surface area contributed by atoms with Crippen LogP contribution in [0.15, 0.2) is 82.1 Å². The van der Waals surface area contributed by atoms with Gasteiger partial charge in [0.1, 0.15) is 11.5 Å². The van der Waals surface area contributed by atoms with Crippen LogP contribution in [0.4, 0.5) is 10.5 Å². The molecule has 3 aromatic carbocycles. The molecule has 0 aliphatic carbocycles. The summed E-state index contributed by atoms with van der Waals surface area (Å²) in [6.45, 7) is 1.96. The summed E-state index contributed by atoms with van der Waals surface area (Å²) in [7, 11) is 0. The van der Waals surface area contributed by atoms with Crippen LogP contribution in [0.5, 0.6) is 0 Å². The standard InChI is InChI=1S/C26H18N2O5S/c1-16-12-20(28(31)32)8-10-22(16)23-11-9-21(33-23)14-24-25(29)27(26(30)34-24)15-17-6-7-18-4-2-3-5-19(18)13-17/h2-14H,15H2,1H3/b24-14-. The van der Waals surface area contributed by atoms with Crippen molar-refractivity contribution in [3.8, 4) is 11.3 Å². The van der Waals surface area contributed by atoms with Crippen LogP contribution >= 0.6 is 11.8 Å². The van der Waals surface area contributed by atoms with Gasteiger partial charge in [-0.05, 0) is 64.9 Å². The zero-order chi connectivity index (χ0) is 23.8. The number of nitro benzene ring substituents is 1. The molecule has 0 N–H and O–H groups in total. The molecule has 0 saturated carbocycles. The number of amides is 2. The van der Waals surface area contributed by atoms with Gasteiger partial charge in [0.2, 0.25) is 0 Å². The number of non-ortho nitro benzene ring substituents is 1. The van der Waals surface area contributed by atoms with Crippen LogP contribution in [0.2, 0.25) is 0 Å². The Balaban J connectivity index is 1.36. The first-order chi connectivity index (χ1) is 16.4. The Morgan fingerprint density at radius 3 is 2.56 bits per heavy atom. The lowest BCUT2D eigenvalue weighted by Gasteiger charge is -2.13. The van der Waals surface area contributed by atoms with E-state index >= 15 is 0 Å².